The van der Waals surface area contributed by atoms with Crippen molar-refractivity contribution >= 4 is 23.1 Å². The SMILES string of the molecule is O=[N+]([O-])c1c(Oc2ccc(Cl)cc2-c2ccn[nH]2)ncnc1N1CCN(Cc2ccc3c(c2)OCO3)CC1. The van der Waals surface area contributed by atoms with Gasteiger partial charge in [0.05, 0.1) is 10.6 Å². The summed E-state index contributed by atoms with van der Waals surface area (Å²) in [5.41, 5.74) is 2.07. The third-order valence-corrected chi connectivity index (χ3v) is 6.64. The highest BCUT2D eigenvalue weighted by Crippen LogP contribution is 2.40. The van der Waals surface area contributed by atoms with E-state index in [0.717, 1.165) is 23.6 Å². The molecule has 1 fully saturated rings. The zero-order valence-corrected chi connectivity index (χ0v) is 20.8. The molecule has 1 saturated heterocycles. The van der Waals surface area contributed by atoms with Crippen LogP contribution in [-0.2, 0) is 6.54 Å². The summed E-state index contributed by atoms with van der Waals surface area (Å²) < 4.78 is 16.9. The smallest absolute Gasteiger partial charge is 0.373 e. The van der Waals surface area contributed by atoms with E-state index >= 15 is 0 Å². The van der Waals surface area contributed by atoms with Gasteiger partial charge in [-0.3, -0.25) is 20.1 Å². The first kappa shape index (κ1) is 23.9. The number of halogens is 1. The molecule has 2 aliphatic rings. The number of ether oxygens (including phenoxy) is 3. The van der Waals surface area contributed by atoms with Crippen molar-refractivity contribution in [2.24, 2.45) is 0 Å². The number of hydrogen-bond donors (Lipinski definition) is 1. The van der Waals surface area contributed by atoms with Gasteiger partial charge in [0.25, 0.3) is 0 Å². The molecule has 2 aromatic heterocycles. The lowest BCUT2D eigenvalue weighted by atomic mass is 10.1. The summed E-state index contributed by atoms with van der Waals surface area (Å²) >= 11 is 6.19. The summed E-state index contributed by atoms with van der Waals surface area (Å²) in [6, 6.07) is 12.6. The highest BCUT2D eigenvalue weighted by atomic mass is 35.5. The van der Waals surface area contributed by atoms with E-state index in [1.165, 1.54) is 6.33 Å². The van der Waals surface area contributed by atoms with E-state index < -0.39 is 4.92 Å². The molecule has 0 unspecified atom stereocenters. The molecule has 12 nitrogen and oxygen atoms in total. The summed E-state index contributed by atoms with van der Waals surface area (Å²) in [6.45, 7) is 3.49. The topological polar surface area (TPSA) is 132 Å². The molecule has 0 amide bonds. The predicted molar refractivity (Wildman–Crippen MR) is 138 cm³/mol. The number of hydrogen-bond acceptors (Lipinski definition) is 10. The van der Waals surface area contributed by atoms with Crippen LogP contribution in [0.3, 0.4) is 0 Å². The molecule has 0 spiro atoms. The number of anilines is 1. The fourth-order valence-electron chi connectivity index (χ4n) is 4.55. The average molecular weight is 536 g/mol. The van der Waals surface area contributed by atoms with Crippen LogP contribution in [0.2, 0.25) is 5.02 Å². The molecule has 38 heavy (non-hydrogen) atoms. The van der Waals surface area contributed by atoms with E-state index in [4.69, 9.17) is 25.8 Å². The summed E-state index contributed by atoms with van der Waals surface area (Å²) in [4.78, 5) is 24.2. The molecule has 0 atom stereocenters. The van der Waals surface area contributed by atoms with E-state index in [1.807, 2.05) is 23.1 Å². The lowest BCUT2D eigenvalue weighted by molar-refractivity contribution is -0.385. The molecule has 2 aliphatic heterocycles. The lowest BCUT2D eigenvalue weighted by Gasteiger charge is -2.35. The zero-order valence-electron chi connectivity index (χ0n) is 20.0. The van der Waals surface area contributed by atoms with Crippen molar-refractivity contribution in [3.63, 3.8) is 0 Å². The van der Waals surface area contributed by atoms with Crippen LogP contribution in [0.1, 0.15) is 5.56 Å². The number of aromatic nitrogens is 4. The van der Waals surface area contributed by atoms with Gasteiger partial charge in [-0.15, -0.1) is 0 Å². The van der Waals surface area contributed by atoms with Gasteiger partial charge in [0, 0.05) is 49.5 Å². The molecule has 13 heteroatoms. The number of nitro groups is 1. The van der Waals surface area contributed by atoms with Crippen LogP contribution in [-0.4, -0.2) is 63.0 Å². The number of H-pyrrole nitrogens is 1. The number of piperazine rings is 1. The number of fused-ring (bicyclic) bond motifs is 1. The monoisotopic (exact) mass is 535 g/mol. The largest absolute Gasteiger partial charge is 0.454 e. The van der Waals surface area contributed by atoms with Crippen LogP contribution in [0.5, 0.6) is 23.1 Å². The Bertz CT molecular complexity index is 1480. The summed E-state index contributed by atoms with van der Waals surface area (Å²) in [7, 11) is 0. The fraction of sp³-hybridized carbons (Fsp3) is 0.240. The number of nitrogens with one attached hydrogen (secondary N) is 1. The molecule has 4 aromatic rings. The Morgan fingerprint density at radius 1 is 1.05 bits per heavy atom. The molecule has 6 rings (SSSR count). The Morgan fingerprint density at radius 2 is 1.89 bits per heavy atom. The highest BCUT2D eigenvalue weighted by Gasteiger charge is 2.31. The van der Waals surface area contributed by atoms with Gasteiger partial charge >= 0.3 is 11.6 Å². The van der Waals surface area contributed by atoms with E-state index in [9.17, 15) is 10.1 Å². The van der Waals surface area contributed by atoms with Crippen LogP contribution in [0, 0.1) is 10.1 Å². The zero-order chi connectivity index (χ0) is 26.1. The van der Waals surface area contributed by atoms with Crippen LogP contribution in [0.15, 0.2) is 55.0 Å². The first-order chi connectivity index (χ1) is 18.5. The Kier molecular flexibility index (Phi) is 6.40. The second kappa shape index (κ2) is 10.1. The molecule has 1 N–H and O–H groups in total. The molecule has 4 heterocycles. The summed E-state index contributed by atoms with van der Waals surface area (Å²) in [6.07, 6.45) is 2.87. The molecule has 0 saturated carbocycles. The second-order valence-electron chi connectivity index (χ2n) is 8.77. The van der Waals surface area contributed by atoms with Gasteiger partial charge in [0.1, 0.15) is 12.1 Å². The van der Waals surface area contributed by atoms with Gasteiger partial charge in [-0.1, -0.05) is 17.7 Å². The Labute approximate surface area is 221 Å². The van der Waals surface area contributed by atoms with Crippen molar-refractivity contribution in [3.05, 3.63) is 75.7 Å². The van der Waals surface area contributed by atoms with Gasteiger partial charge in [0.2, 0.25) is 12.6 Å². The van der Waals surface area contributed by atoms with Crippen molar-refractivity contribution in [2.45, 2.75) is 6.54 Å². The number of benzene rings is 2. The molecule has 194 valence electrons. The van der Waals surface area contributed by atoms with Gasteiger partial charge in [0.15, 0.2) is 11.5 Å². The molecular weight excluding hydrogens is 514 g/mol. The Morgan fingerprint density at radius 3 is 2.68 bits per heavy atom. The van der Waals surface area contributed by atoms with Crippen LogP contribution in [0.25, 0.3) is 11.3 Å². The Balaban J connectivity index is 1.20. The first-order valence-electron chi connectivity index (χ1n) is 11.9. The lowest BCUT2D eigenvalue weighted by Crippen LogP contribution is -2.46. The van der Waals surface area contributed by atoms with Gasteiger partial charge in [-0.25, -0.2) is 4.98 Å². The van der Waals surface area contributed by atoms with Crippen molar-refractivity contribution in [1.82, 2.24) is 25.1 Å². The average Bonchev–Trinajstić information content (AvgIpc) is 3.62. The molecular formula is C25H22ClN7O5. The minimum absolute atomic E-state index is 0.147. The second-order valence-corrected chi connectivity index (χ2v) is 9.21. The molecule has 2 aromatic carbocycles. The van der Waals surface area contributed by atoms with Crippen LogP contribution in [0.4, 0.5) is 11.5 Å². The third-order valence-electron chi connectivity index (χ3n) is 6.41. The van der Waals surface area contributed by atoms with E-state index in [2.05, 4.69) is 25.1 Å². The van der Waals surface area contributed by atoms with Crippen LogP contribution < -0.4 is 19.1 Å². The van der Waals surface area contributed by atoms with Gasteiger partial charge in [-0.05, 0) is 42.0 Å². The number of nitrogens with zero attached hydrogens (tertiary/aromatic N) is 6. The first-order valence-corrected chi connectivity index (χ1v) is 12.3. The number of rotatable bonds is 7. The summed E-state index contributed by atoms with van der Waals surface area (Å²) in [5.74, 6) is 1.93. The molecule has 0 bridgehead atoms. The number of aromatic amines is 1. The van der Waals surface area contributed by atoms with Crippen molar-refractivity contribution in [1.29, 1.82) is 0 Å². The fourth-order valence-corrected chi connectivity index (χ4v) is 4.72. The van der Waals surface area contributed by atoms with Crippen molar-refractivity contribution in [3.8, 4) is 34.4 Å². The minimum atomic E-state index is -0.505. The van der Waals surface area contributed by atoms with Gasteiger partial charge < -0.3 is 19.1 Å². The maximum atomic E-state index is 12.2. The van der Waals surface area contributed by atoms with Crippen molar-refractivity contribution in [2.75, 3.05) is 37.9 Å². The normalized spacial score (nSPS) is 15.0. The van der Waals surface area contributed by atoms with E-state index in [-0.39, 0.29) is 24.2 Å². The van der Waals surface area contributed by atoms with Gasteiger partial charge in [-0.2, -0.15) is 10.1 Å². The predicted octanol–water partition coefficient (Wildman–Crippen LogP) is 4.27. The van der Waals surface area contributed by atoms with Crippen LogP contribution >= 0.6 is 11.6 Å². The summed E-state index contributed by atoms with van der Waals surface area (Å²) in [5, 5.41) is 19.5. The van der Waals surface area contributed by atoms with E-state index in [1.54, 1.807) is 30.5 Å². The third kappa shape index (κ3) is 4.78. The molecule has 0 aliphatic carbocycles. The quantitative estimate of drug-likeness (QED) is 0.270. The standard InChI is InChI=1S/C25H22ClN7O5/c26-17-2-4-20(18(12-17)19-5-6-29-30-19)38-25-23(33(34)35)24(27-14-28-25)32-9-7-31(8-10-32)13-16-1-3-21-22(11-16)37-15-36-21/h1-6,11-12,14H,7-10,13,15H2,(H,29,30). The maximum Gasteiger partial charge on any atom is 0.373 e. The van der Waals surface area contributed by atoms with Crippen molar-refractivity contribution < 1.29 is 19.1 Å². The maximum absolute atomic E-state index is 12.2. The molecule has 0 radical (unpaired) electrons. The van der Waals surface area contributed by atoms with E-state index in [0.29, 0.717) is 48.2 Å². The minimum Gasteiger partial charge on any atom is -0.454 e. The Hall–Kier alpha value is -4.42. The highest BCUT2D eigenvalue weighted by molar-refractivity contribution is 6.31.